The van der Waals surface area contributed by atoms with Crippen LogP contribution >= 0.6 is 11.8 Å². The molecular weight excluding hydrogens is 378 g/mol. The third kappa shape index (κ3) is 6.27. The smallest absolute Gasteiger partial charge is 0.123 e. The molecule has 1 aliphatic heterocycles. The van der Waals surface area contributed by atoms with Crippen molar-refractivity contribution in [2.75, 3.05) is 45.0 Å². The summed E-state index contributed by atoms with van der Waals surface area (Å²) in [5.74, 6) is 0.443. The van der Waals surface area contributed by atoms with Gasteiger partial charge in [-0.2, -0.15) is 0 Å². The van der Waals surface area contributed by atoms with E-state index in [-0.39, 0.29) is 23.0 Å². The average molecular weight is 407 g/mol. The van der Waals surface area contributed by atoms with Crippen LogP contribution in [0.1, 0.15) is 23.3 Å². The van der Waals surface area contributed by atoms with Crippen LogP contribution in [0.5, 0.6) is 0 Å². The van der Waals surface area contributed by atoms with E-state index in [2.05, 4.69) is 9.80 Å². The molecule has 152 valence electrons. The van der Waals surface area contributed by atoms with Gasteiger partial charge in [-0.05, 0) is 42.3 Å². The van der Waals surface area contributed by atoms with Gasteiger partial charge in [0.2, 0.25) is 0 Å². The highest BCUT2D eigenvalue weighted by atomic mass is 32.2. The Labute approximate surface area is 170 Å². The average Bonchev–Trinajstić information content (AvgIpc) is 2.68. The Balaban J connectivity index is 1.57. The van der Waals surface area contributed by atoms with E-state index in [1.165, 1.54) is 24.3 Å². The van der Waals surface area contributed by atoms with Crippen molar-refractivity contribution in [1.29, 1.82) is 0 Å². The lowest BCUT2D eigenvalue weighted by Gasteiger charge is -2.35. The lowest BCUT2D eigenvalue weighted by atomic mass is 10.0. The normalized spacial score (nSPS) is 17.2. The lowest BCUT2D eigenvalue weighted by molar-refractivity contribution is 0.0833. The van der Waals surface area contributed by atoms with Gasteiger partial charge < -0.3 is 5.11 Å². The Bertz CT molecular complexity index is 671. The number of aliphatic hydroxyl groups excluding tert-OH is 1. The first-order valence-electron chi connectivity index (χ1n) is 9.76. The van der Waals surface area contributed by atoms with Crippen LogP contribution in [0.2, 0.25) is 0 Å². The molecule has 1 saturated heterocycles. The molecule has 0 amide bonds. The van der Waals surface area contributed by atoms with Crippen LogP contribution in [0, 0.1) is 11.6 Å². The Hall–Kier alpha value is -1.47. The monoisotopic (exact) mass is 406 g/mol. The molecule has 0 aromatic heterocycles. The Morgan fingerprint density at radius 2 is 1.32 bits per heavy atom. The van der Waals surface area contributed by atoms with Gasteiger partial charge >= 0.3 is 0 Å². The third-order valence-electron chi connectivity index (χ3n) is 5.02. The van der Waals surface area contributed by atoms with Crippen molar-refractivity contribution in [2.45, 2.75) is 18.3 Å². The number of hydrogen-bond donors (Lipinski definition) is 1. The molecule has 1 aliphatic rings. The number of thioether (sulfide) groups is 1. The number of aliphatic hydroxyl groups is 1. The maximum atomic E-state index is 13.3. The van der Waals surface area contributed by atoms with Gasteiger partial charge in [0.1, 0.15) is 11.6 Å². The zero-order valence-corrected chi connectivity index (χ0v) is 17.0. The summed E-state index contributed by atoms with van der Waals surface area (Å²) in [6, 6.07) is 13.2. The number of piperazine rings is 1. The summed E-state index contributed by atoms with van der Waals surface area (Å²) >= 11 is 1.80. The highest BCUT2D eigenvalue weighted by molar-refractivity contribution is 7.99. The predicted octanol–water partition coefficient (Wildman–Crippen LogP) is 3.79. The van der Waals surface area contributed by atoms with Crippen LogP contribution in [0.4, 0.5) is 8.78 Å². The number of nitrogens with zero attached hydrogens (tertiary/aromatic N) is 2. The molecule has 2 aromatic carbocycles. The molecular formula is C22H28F2N2OS. The zero-order valence-electron chi connectivity index (χ0n) is 16.2. The van der Waals surface area contributed by atoms with Gasteiger partial charge in [0.25, 0.3) is 0 Å². The van der Waals surface area contributed by atoms with Crippen molar-refractivity contribution in [3.63, 3.8) is 0 Å². The van der Waals surface area contributed by atoms with Crippen molar-refractivity contribution in [1.82, 2.24) is 9.80 Å². The lowest BCUT2D eigenvalue weighted by Crippen LogP contribution is -2.48. The fourth-order valence-corrected chi connectivity index (χ4v) is 4.83. The first kappa shape index (κ1) is 21.2. The molecule has 6 heteroatoms. The number of hydrogen-bond acceptors (Lipinski definition) is 4. The number of halogens is 2. The molecule has 0 bridgehead atoms. The molecule has 0 aliphatic carbocycles. The summed E-state index contributed by atoms with van der Waals surface area (Å²) in [5, 5.41) is 9.57. The molecule has 28 heavy (non-hydrogen) atoms. The second-order valence-electron chi connectivity index (χ2n) is 7.35. The van der Waals surface area contributed by atoms with E-state index in [4.69, 9.17) is 0 Å². The van der Waals surface area contributed by atoms with E-state index >= 15 is 0 Å². The first-order valence-corrected chi connectivity index (χ1v) is 10.8. The minimum atomic E-state index is -0.283. The fourth-order valence-electron chi connectivity index (χ4n) is 3.53. The summed E-state index contributed by atoms with van der Waals surface area (Å²) in [6.45, 7) is 7.51. The molecule has 0 radical (unpaired) electrons. The molecule has 2 aromatic rings. The van der Waals surface area contributed by atoms with Gasteiger partial charge in [-0.1, -0.05) is 24.3 Å². The van der Waals surface area contributed by atoms with Gasteiger partial charge in [0.15, 0.2) is 0 Å². The highest BCUT2D eigenvalue weighted by Crippen LogP contribution is 2.35. The van der Waals surface area contributed by atoms with Crippen LogP contribution in [-0.2, 0) is 0 Å². The molecule has 1 fully saturated rings. The molecule has 3 rings (SSSR count). The molecule has 0 spiro atoms. The summed E-state index contributed by atoms with van der Waals surface area (Å²) in [5.41, 5.74) is 2.06. The van der Waals surface area contributed by atoms with Gasteiger partial charge in [-0.25, -0.2) is 8.78 Å². The Kier molecular flexibility index (Phi) is 7.85. The molecule has 1 atom stereocenters. The van der Waals surface area contributed by atoms with Crippen molar-refractivity contribution in [3.8, 4) is 0 Å². The van der Waals surface area contributed by atoms with E-state index in [0.717, 1.165) is 56.1 Å². The number of rotatable bonds is 8. The van der Waals surface area contributed by atoms with Crippen LogP contribution in [0.25, 0.3) is 0 Å². The summed E-state index contributed by atoms with van der Waals surface area (Å²) in [4.78, 5) is 4.74. The minimum Gasteiger partial charge on any atom is -0.392 e. The van der Waals surface area contributed by atoms with Gasteiger partial charge in [-0.3, -0.25) is 9.80 Å². The minimum absolute atomic E-state index is 0.0535. The maximum absolute atomic E-state index is 13.3. The largest absolute Gasteiger partial charge is 0.392 e. The SMILES string of the molecule is C[C@H](O)CN1CCN(CCSC(c2ccc(F)cc2)c2ccc(F)cc2)CC1. The zero-order chi connectivity index (χ0) is 19.9. The van der Waals surface area contributed by atoms with E-state index < -0.39 is 0 Å². The van der Waals surface area contributed by atoms with E-state index in [9.17, 15) is 13.9 Å². The van der Waals surface area contributed by atoms with Crippen LogP contribution in [0.15, 0.2) is 48.5 Å². The standard InChI is InChI=1S/C22H28F2N2OS/c1-17(27)16-26-12-10-25(11-13-26)14-15-28-22(18-2-6-20(23)7-3-18)19-4-8-21(24)9-5-19/h2-9,17,22,27H,10-16H2,1H3/t17-/m0/s1. The van der Waals surface area contributed by atoms with Gasteiger partial charge in [0.05, 0.1) is 11.4 Å². The quantitative estimate of drug-likeness (QED) is 0.722. The van der Waals surface area contributed by atoms with Crippen molar-refractivity contribution in [3.05, 3.63) is 71.3 Å². The second-order valence-corrected chi connectivity index (χ2v) is 8.56. The molecule has 3 nitrogen and oxygen atoms in total. The third-order valence-corrected chi connectivity index (χ3v) is 6.32. The first-order chi connectivity index (χ1) is 13.5. The molecule has 0 unspecified atom stereocenters. The van der Waals surface area contributed by atoms with E-state index in [1.807, 2.05) is 31.2 Å². The Morgan fingerprint density at radius 1 is 0.857 bits per heavy atom. The van der Waals surface area contributed by atoms with Crippen molar-refractivity contribution < 1.29 is 13.9 Å². The Morgan fingerprint density at radius 3 is 1.79 bits per heavy atom. The topological polar surface area (TPSA) is 26.7 Å². The number of β-amino-alcohol motifs (C(OH)–C–C–N with tert-alkyl or cyclic N) is 1. The van der Waals surface area contributed by atoms with Crippen molar-refractivity contribution >= 4 is 11.8 Å². The predicted molar refractivity (Wildman–Crippen MR) is 112 cm³/mol. The van der Waals surface area contributed by atoms with E-state index in [0.29, 0.717) is 0 Å². The fraction of sp³-hybridized carbons (Fsp3) is 0.455. The van der Waals surface area contributed by atoms with Crippen LogP contribution < -0.4 is 0 Å². The van der Waals surface area contributed by atoms with Crippen molar-refractivity contribution in [2.24, 2.45) is 0 Å². The molecule has 0 saturated carbocycles. The summed E-state index contributed by atoms with van der Waals surface area (Å²) in [7, 11) is 0. The van der Waals surface area contributed by atoms with Gasteiger partial charge in [-0.15, -0.1) is 11.8 Å². The van der Waals surface area contributed by atoms with Gasteiger partial charge in [0, 0.05) is 45.0 Å². The molecule has 1 N–H and O–H groups in total. The van der Waals surface area contributed by atoms with Crippen LogP contribution in [-0.4, -0.2) is 66.0 Å². The van der Waals surface area contributed by atoms with Crippen LogP contribution in [0.3, 0.4) is 0 Å². The van der Waals surface area contributed by atoms with E-state index in [1.54, 1.807) is 11.8 Å². The number of benzene rings is 2. The molecule has 1 heterocycles. The second kappa shape index (κ2) is 10.3. The summed E-state index contributed by atoms with van der Waals surface area (Å²) < 4.78 is 26.7. The maximum Gasteiger partial charge on any atom is 0.123 e. The highest BCUT2D eigenvalue weighted by Gasteiger charge is 2.19. The summed E-state index contributed by atoms with van der Waals surface area (Å²) in [6.07, 6.45) is -0.283.